The molecule has 1 heterocycles. The Kier molecular flexibility index (Phi) is 7.16. The molecule has 9 heteroatoms. The van der Waals surface area contributed by atoms with Gasteiger partial charge in [-0.05, 0) is 61.7 Å². The zero-order chi connectivity index (χ0) is 21.9. The van der Waals surface area contributed by atoms with Gasteiger partial charge in [-0.3, -0.25) is 9.10 Å². The Morgan fingerprint density at radius 1 is 1.10 bits per heavy atom. The van der Waals surface area contributed by atoms with Crippen LogP contribution >= 0.6 is 23.2 Å². The molecule has 0 aromatic heterocycles. The lowest BCUT2D eigenvalue weighted by atomic mass is 10.1. The van der Waals surface area contributed by atoms with Crippen molar-refractivity contribution in [3.8, 4) is 0 Å². The van der Waals surface area contributed by atoms with Crippen molar-refractivity contribution in [2.24, 2.45) is 0 Å². The molecule has 1 fully saturated rings. The molecule has 1 aliphatic heterocycles. The minimum atomic E-state index is -3.75. The first-order valence-electron chi connectivity index (χ1n) is 9.81. The lowest BCUT2D eigenvalue weighted by Gasteiger charge is -2.30. The minimum Gasteiger partial charge on any atom is -0.372 e. The summed E-state index contributed by atoms with van der Waals surface area (Å²) in [5.41, 5.74) is 2.02. The van der Waals surface area contributed by atoms with Gasteiger partial charge in [0, 0.05) is 24.5 Å². The molecule has 1 N–H and O–H groups in total. The number of nitrogens with one attached hydrogen (secondary N) is 1. The fourth-order valence-electron chi connectivity index (χ4n) is 3.64. The Hall–Kier alpha value is -1.96. The monoisotopic (exact) mass is 469 g/mol. The molecule has 3 rings (SSSR count). The second-order valence-corrected chi connectivity index (χ2v) is 9.99. The van der Waals surface area contributed by atoms with Gasteiger partial charge in [-0.2, -0.15) is 0 Å². The molecular weight excluding hydrogens is 445 g/mol. The molecule has 30 heavy (non-hydrogen) atoms. The van der Waals surface area contributed by atoms with E-state index in [2.05, 4.69) is 10.2 Å². The number of sulfonamides is 1. The summed E-state index contributed by atoms with van der Waals surface area (Å²) >= 11 is 12.0. The molecule has 6 nitrogen and oxygen atoms in total. The van der Waals surface area contributed by atoms with E-state index in [1.54, 1.807) is 6.92 Å². The summed E-state index contributed by atoms with van der Waals surface area (Å²) < 4.78 is 26.2. The third kappa shape index (κ3) is 5.20. The smallest absolute Gasteiger partial charge is 0.248 e. The van der Waals surface area contributed by atoms with Crippen LogP contribution in [0.3, 0.4) is 0 Å². The number of nitrogens with zero attached hydrogens (tertiary/aromatic N) is 2. The molecule has 2 aromatic carbocycles. The second-order valence-electron chi connectivity index (χ2n) is 7.31. The van der Waals surface area contributed by atoms with Gasteiger partial charge in [0.1, 0.15) is 6.04 Å². The fourth-order valence-corrected chi connectivity index (χ4v) is 5.13. The quantitative estimate of drug-likeness (QED) is 0.633. The number of amides is 1. The number of halogens is 2. The van der Waals surface area contributed by atoms with Crippen molar-refractivity contribution in [2.45, 2.75) is 32.2 Å². The first-order valence-corrected chi connectivity index (χ1v) is 12.4. The molecule has 0 radical (unpaired) electrons. The highest BCUT2D eigenvalue weighted by atomic mass is 35.5. The van der Waals surface area contributed by atoms with Gasteiger partial charge in [0.2, 0.25) is 15.9 Å². The van der Waals surface area contributed by atoms with E-state index >= 15 is 0 Å². The highest BCUT2D eigenvalue weighted by Crippen LogP contribution is 2.31. The van der Waals surface area contributed by atoms with E-state index in [0.717, 1.165) is 29.3 Å². The van der Waals surface area contributed by atoms with Crippen LogP contribution in [0.25, 0.3) is 0 Å². The van der Waals surface area contributed by atoms with Crippen molar-refractivity contribution in [1.82, 2.24) is 0 Å². The van der Waals surface area contributed by atoms with E-state index in [4.69, 9.17) is 23.2 Å². The summed E-state index contributed by atoms with van der Waals surface area (Å²) in [6.07, 6.45) is 3.72. The maximum Gasteiger partial charge on any atom is 0.248 e. The summed E-state index contributed by atoms with van der Waals surface area (Å²) in [5, 5.41) is 3.36. The first-order chi connectivity index (χ1) is 14.2. The van der Waals surface area contributed by atoms with E-state index < -0.39 is 22.0 Å². The van der Waals surface area contributed by atoms with Crippen LogP contribution in [0.4, 0.5) is 17.1 Å². The van der Waals surface area contributed by atoms with Crippen molar-refractivity contribution in [3.05, 3.63) is 52.5 Å². The third-order valence-corrected chi connectivity index (χ3v) is 7.01. The van der Waals surface area contributed by atoms with Crippen LogP contribution < -0.4 is 14.5 Å². The average molecular weight is 470 g/mol. The minimum absolute atomic E-state index is 0.218. The second kappa shape index (κ2) is 9.45. The lowest BCUT2D eigenvalue weighted by molar-refractivity contribution is -0.117. The summed E-state index contributed by atoms with van der Waals surface area (Å²) in [6, 6.07) is 11.2. The van der Waals surface area contributed by atoms with E-state index in [1.165, 1.54) is 31.0 Å². The molecule has 162 valence electrons. The van der Waals surface area contributed by atoms with Crippen LogP contribution in [0.2, 0.25) is 10.0 Å². The number of hydrogen-bond donors (Lipinski definition) is 1. The standard InChI is InChI=1S/C21H25Cl2N3O3S/c1-3-20(26(30(2,28)29)17-10-11-18(22)19(23)14-17)21(27)24-15-6-8-16(9-7-15)25-12-4-5-13-25/h6-11,14,20H,3-5,12-13H2,1-2H3,(H,24,27)/t20-/m1/s1. The van der Waals surface area contributed by atoms with Crippen molar-refractivity contribution >= 4 is 56.2 Å². The molecule has 0 unspecified atom stereocenters. The van der Waals surface area contributed by atoms with Crippen molar-refractivity contribution < 1.29 is 13.2 Å². The Labute approximate surface area is 187 Å². The van der Waals surface area contributed by atoms with E-state index in [1.807, 2.05) is 24.3 Å². The topological polar surface area (TPSA) is 69.7 Å². The molecule has 0 saturated carbocycles. The maximum absolute atomic E-state index is 13.0. The molecule has 1 aliphatic rings. The van der Waals surface area contributed by atoms with Crippen LogP contribution in [-0.4, -0.2) is 39.7 Å². The van der Waals surface area contributed by atoms with E-state index in [9.17, 15) is 13.2 Å². The predicted octanol–water partition coefficient (Wildman–Crippen LogP) is 4.78. The Balaban J connectivity index is 1.82. The van der Waals surface area contributed by atoms with Crippen molar-refractivity contribution in [3.63, 3.8) is 0 Å². The van der Waals surface area contributed by atoms with Crippen molar-refractivity contribution in [1.29, 1.82) is 0 Å². The van der Waals surface area contributed by atoms with E-state index in [0.29, 0.717) is 16.4 Å². The summed E-state index contributed by atoms with van der Waals surface area (Å²) in [4.78, 5) is 15.3. The lowest BCUT2D eigenvalue weighted by Crippen LogP contribution is -2.47. The molecule has 2 aromatic rings. The Morgan fingerprint density at radius 3 is 2.27 bits per heavy atom. The number of hydrogen-bond acceptors (Lipinski definition) is 4. The van der Waals surface area contributed by atoms with Gasteiger partial charge < -0.3 is 10.2 Å². The molecule has 0 bridgehead atoms. The van der Waals surface area contributed by atoms with Gasteiger partial charge in [0.15, 0.2) is 0 Å². The highest BCUT2D eigenvalue weighted by molar-refractivity contribution is 7.92. The summed E-state index contributed by atoms with van der Waals surface area (Å²) in [5.74, 6) is -0.414. The van der Waals surface area contributed by atoms with Crippen LogP contribution in [0.5, 0.6) is 0 Å². The molecule has 0 spiro atoms. The van der Waals surface area contributed by atoms with Crippen LogP contribution in [0, 0.1) is 0 Å². The van der Waals surface area contributed by atoms with E-state index in [-0.39, 0.29) is 11.4 Å². The number of carbonyl (C=O) groups excluding carboxylic acids is 1. The van der Waals surface area contributed by atoms with Gasteiger partial charge in [0.25, 0.3) is 0 Å². The first kappa shape index (κ1) is 22.7. The number of benzene rings is 2. The normalized spacial score (nSPS) is 15.1. The van der Waals surface area contributed by atoms with Gasteiger partial charge in [-0.1, -0.05) is 30.1 Å². The molecule has 1 saturated heterocycles. The van der Waals surface area contributed by atoms with Gasteiger partial charge in [-0.25, -0.2) is 8.42 Å². The average Bonchev–Trinajstić information content (AvgIpc) is 3.22. The van der Waals surface area contributed by atoms with Gasteiger partial charge in [0.05, 0.1) is 22.0 Å². The fraction of sp³-hybridized carbons (Fsp3) is 0.381. The van der Waals surface area contributed by atoms with Crippen molar-refractivity contribution in [2.75, 3.05) is 33.9 Å². The predicted molar refractivity (Wildman–Crippen MR) is 124 cm³/mol. The van der Waals surface area contributed by atoms with Crippen LogP contribution in [-0.2, 0) is 14.8 Å². The molecule has 0 aliphatic carbocycles. The van der Waals surface area contributed by atoms with Crippen LogP contribution in [0.1, 0.15) is 26.2 Å². The van der Waals surface area contributed by atoms with Gasteiger partial charge in [-0.15, -0.1) is 0 Å². The molecule has 1 amide bonds. The maximum atomic E-state index is 13.0. The van der Waals surface area contributed by atoms with Gasteiger partial charge >= 0.3 is 0 Å². The number of rotatable bonds is 7. The Bertz CT molecular complexity index is 1010. The zero-order valence-corrected chi connectivity index (χ0v) is 19.3. The van der Waals surface area contributed by atoms with Crippen LogP contribution in [0.15, 0.2) is 42.5 Å². The third-order valence-electron chi connectivity index (χ3n) is 5.09. The largest absolute Gasteiger partial charge is 0.372 e. The highest BCUT2D eigenvalue weighted by Gasteiger charge is 2.32. The summed E-state index contributed by atoms with van der Waals surface area (Å²) in [7, 11) is -3.75. The number of carbonyl (C=O) groups is 1. The Morgan fingerprint density at radius 2 is 1.73 bits per heavy atom. The molecule has 1 atom stereocenters. The SMILES string of the molecule is CC[C@H](C(=O)Nc1ccc(N2CCCC2)cc1)N(c1ccc(Cl)c(Cl)c1)S(C)(=O)=O. The zero-order valence-electron chi connectivity index (χ0n) is 16.9. The summed E-state index contributed by atoms with van der Waals surface area (Å²) in [6.45, 7) is 3.84. The molecular formula is C21H25Cl2N3O3S. The number of anilines is 3.